The van der Waals surface area contributed by atoms with E-state index in [9.17, 15) is 0 Å². The van der Waals surface area contributed by atoms with Crippen molar-refractivity contribution in [3.8, 4) is 50.2 Å². The van der Waals surface area contributed by atoms with Crippen LogP contribution in [0.25, 0.3) is 93.9 Å². The maximum Gasteiger partial charge on any atom is 0.143 e. The minimum Gasteiger partial charge on any atom is -0.455 e. The zero-order valence-electron chi connectivity index (χ0n) is 34.4. The molecule has 0 unspecified atom stereocenters. The fourth-order valence-corrected chi connectivity index (χ4v) is 9.54. The molecule has 0 saturated heterocycles. The Morgan fingerprint density at radius 1 is 0.317 bits per heavy atom. The summed E-state index contributed by atoms with van der Waals surface area (Å²) in [5.41, 5.74) is 17.5. The maximum absolute atomic E-state index is 6.65. The van der Waals surface area contributed by atoms with Gasteiger partial charge in [0.1, 0.15) is 11.2 Å². The molecule has 2 aromatic heterocycles. The molecule has 3 heteroatoms. The van der Waals surface area contributed by atoms with Crippen LogP contribution in [-0.4, -0.2) is 4.57 Å². The lowest BCUT2D eigenvalue weighted by Gasteiger charge is -2.31. The molecular weight excluding hydrogens is 765 g/mol. The third-order valence-electron chi connectivity index (χ3n) is 12.4. The van der Waals surface area contributed by atoms with E-state index >= 15 is 0 Å². The quantitative estimate of drug-likeness (QED) is 0.153. The van der Waals surface area contributed by atoms with Crippen LogP contribution >= 0.6 is 0 Å². The SMILES string of the molecule is c1ccc(-c2ccc(N(c3ccc4c5ccccc5n(-c5ccccc5-c5cccc6c5oc5ccccc56)c4c3)c3c(-c4ccccc4)cccc3-c3ccccc3)cc2)cc1. The Hall–Kier alpha value is -8.40. The fraction of sp³-hybridized carbons (Fsp3) is 0. The molecular formula is C60H40N2O. The number of fused-ring (bicyclic) bond motifs is 6. The molecule has 2 heterocycles. The first-order valence-electron chi connectivity index (χ1n) is 21.5. The molecule has 12 aromatic rings. The summed E-state index contributed by atoms with van der Waals surface area (Å²) in [4.78, 5) is 2.46. The van der Waals surface area contributed by atoms with Crippen molar-refractivity contribution in [2.75, 3.05) is 4.90 Å². The van der Waals surface area contributed by atoms with Gasteiger partial charge >= 0.3 is 0 Å². The lowest BCUT2D eigenvalue weighted by atomic mass is 9.94. The monoisotopic (exact) mass is 804 g/mol. The Morgan fingerprint density at radius 2 is 0.825 bits per heavy atom. The van der Waals surface area contributed by atoms with Crippen molar-refractivity contribution in [3.63, 3.8) is 0 Å². The van der Waals surface area contributed by atoms with Crippen LogP contribution in [0, 0.1) is 0 Å². The van der Waals surface area contributed by atoms with Crippen molar-refractivity contribution in [3.05, 3.63) is 243 Å². The first-order valence-corrected chi connectivity index (χ1v) is 21.5. The van der Waals surface area contributed by atoms with Gasteiger partial charge in [-0.05, 0) is 64.7 Å². The van der Waals surface area contributed by atoms with Crippen LogP contribution in [0.1, 0.15) is 0 Å². The lowest BCUT2D eigenvalue weighted by Crippen LogP contribution is -2.13. The standard InChI is InChI=1S/C60H40N2O/c1-4-18-41(19-5-1)42-34-36-45(37-35-42)61(59-47(43-20-6-2-7-21-43)27-16-28-48(59)44-22-8-3-9-23-44)46-38-39-51-49-24-10-13-31-55(49)62(57(51)40-46)56-32-14-11-25-50(56)53-29-17-30-54-52-26-12-15-33-58(52)63-60(53)54/h1-40H. The Labute approximate surface area is 366 Å². The molecule has 0 amide bonds. The molecule has 0 N–H and O–H groups in total. The van der Waals surface area contributed by atoms with Gasteiger partial charge in [-0.3, -0.25) is 0 Å². The van der Waals surface area contributed by atoms with Crippen molar-refractivity contribution in [2.24, 2.45) is 0 Å². The summed E-state index contributed by atoms with van der Waals surface area (Å²) in [5, 5.41) is 4.62. The number of furan rings is 1. The van der Waals surface area contributed by atoms with Gasteiger partial charge in [-0.1, -0.05) is 200 Å². The maximum atomic E-state index is 6.65. The van der Waals surface area contributed by atoms with Gasteiger partial charge in [0.05, 0.1) is 22.4 Å². The lowest BCUT2D eigenvalue weighted by molar-refractivity contribution is 0.670. The molecule has 63 heavy (non-hydrogen) atoms. The van der Waals surface area contributed by atoms with E-state index in [1.165, 1.54) is 21.9 Å². The smallest absolute Gasteiger partial charge is 0.143 e. The summed E-state index contributed by atoms with van der Waals surface area (Å²) >= 11 is 0. The van der Waals surface area contributed by atoms with E-state index < -0.39 is 0 Å². The molecule has 0 atom stereocenters. The first-order chi connectivity index (χ1) is 31.3. The molecule has 0 aliphatic rings. The van der Waals surface area contributed by atoms with Crippen LogP contribution in [0.15, 0.2) is 247 Å². The van der Waals surface area contributed by atoms with Crippen molar-refractivity contribution < 1.29 is 4.42 Å². The van der Waals surface area contributed by atoms with Crippen LogP contribution in [0.3, 0.4) is 0 Å². The summed E-state index contributed by atoms with van der Waals surface area (Å²) < 4.78 is 9.10. The van der Waals surface area contributed by atoms with Crippen LogP contribution in [0.5, 0.6) is 0 Å². The molecule has 296 valence electrons. The summed E-state index contributed by atoms with van der Waals surface area (Å²) in [6.45, 7) is 0. The normalized spacial score (nSPS) is 11.5. The molecule has 0 aliphatic heterocycles. The zero-order chi connectivity index (χ0) is 41.7. The average Bonchev–Trinajstić information content (AvgIpc) is 3.91. The van der Waals surface area contributed by atoms with Crippen LogP contribution in [0.2, 0.25) is 0 Å². The second-order valence-corrected chi connectivity index (χ2v) is 16.0. The van der Waals surface area contributed by atoms with Crippen molar-refractivity contribution in [1.82, 2.24) is 4.57 Å². The number of aromatic nitrogens is 1. The summed E-state index contributed by atoms with van der Waals surface area (Å²) in [6.07, 6.45) is 0. The molecule has 3 nitrogen and oxygen atoms in total. The van der Waals surface area contributed by atoms with Gasteiger partial charge < -0.3 is 13.9 Å². The number of hydrogen-bond donors (Lipinski definition) is 0. The van der Waals surface area contributed by atoms with Gasteiger partial charge in [-0.25, -0.2) is 0 Å². The van der Waals surface area contributed by atoms with E-state index in [0.717, 1.165) is 89.1 Å². The third-order valence-corrected chi connectivity index (χ3v) is 12.4. The highest BCUT2D eigenvalue weighted by atomic mass is 16.3. The van der Waals surface area contributed by atoms with Crippen molar-refractivity contribution in [1.29, 1.82) is 0 Å². The van der Waals surface area contributed by atoms with E-state index in [1.54, 1.807) is 0 Å². The minimum atomic E-state index is 0.890. The molecule has 0 radical (unpaired) electrons. The largest absolute Gasteiger partial charge is 0.455 e. The Bertz CT molecular complexity index is 3550. The van der Waals surface area contributed by atoms with Crippen molar-refractivity contribution >= 4 is 60.8 Å². The third kappa shape index (κ3) is 6.21. The average molecular weight is 805 g/mol. The van der Waals surface area contributed by atoms with E-state index in [1.807, 2.05) is 6.07 Å². The van der Waals surface area contributed by atoms with Gasteiger partial charge in [0.25, 0.3) is 0 Å². The molecule has 12 rings (SSSR count). The van der Waals surface area contributed by atoms with E-state index in [2.05, 4.69) is 246 Å². The topological polar surface area (TPSA) is 21.3 Å². The summed E-state index contributed by atoms with van der Waals surface area (Å²) in [6, 6.07) is 87.2. The van der Waals surface area contributed by atoms with E-state index in [0.29, 0.717) is 0 Å². The first kappa shape index (κ1) is 36.5. The Kier molecular flexibility index (Phi) is 8.83. The molecule has 0 bridgehead atoms. The van der Waals surface area contributed by atoms with E-state index in [4.69, 9.17) is 4.42 Å². The molecule has 0 spiro atoms. The van der Waals surface area contributed by atoms with Crippen LogP contribution < -0.4 is 4.90 Å². The van der Waals surface area contributed by atoms with Gasteiger partial charge in [0.2, 0.25) is 0 Å². The molecule has 0 fully saturated rings. The van der Waals surface area contributed by atoms with Gasteiger partial charge in [0, 0.05) is 55.2 Å². The predicted octanol–water partition coefficient (Wildman–Crippen LogP) is 16.8. The minimum absolute atomic E-state index is 0.890. The highest BCUT2D eigenvalue weighted by Crippen LogP contribution is 2.48. The molecule has 10 aromatic carbocycles. The highest BCUT2D eigenvalue weighted by Gasteiger charge is 2.24. The summed E-state index contributed by atoms with van der Waals surface area (Å²) in [7, 11) is 0. The second kappa shape index (κ2) is 15.3. The number of benzene rings is 10. The number of para-hydroxylation sites is 5. The number of anilines is 3. The fourth-order valence-electron chi connectivity index (χ4n) is 9.54. The van der Waals surface area contributed by atoms with E-state index in [-0.39, 0.29) is 0 Å². The van der Waals surface area contributed by atoms with Crippen LogP contribution in [-0.2, 0) is 0 Å². The molecule has 0 aliphatic carbocycles. The predicted molar refractivity (Wildman–Crippen MR) is 264 cm³/mol. The van der Waals surface area contributed by atoms with Gasteiger partial charge in [-0.2, -0.15) is 0 Å². The Balaban J connectivity index is 1.13. The molecule has 0 saturated carbocycles. The zero-order valence-corrected chi connectivity index (χ0v) is 34.4. The second-order valence-electron chi connectivity index (χ2n) is 16.0. The Morgan fingerprint density at radius 3 is 1.56 bits per heavy atom. The van der Waals surface area contributed by atoms with Crippen molar-refractivity contribution in [2.45, 2.75) is 0 Å². The number of rotatable bonds is 8. The van der Waals surface area contributed by atoms with Crippen LogP contribution in [0.4, 0.5) is 17.1 Å². The summed E-state index contributed by atoms with van der Waals surface area (Å²) in [5.74, 6) is 0. The highest BCUT2D eigenvalue weighted by molar-refractivity contribution is 6.13. The van der Waals surface area contributed by atoms with Gasteiger partial charge in [0.15, 0.2) is 0 Å². The number of nitrogens with zero attached hydrogens (tertiary/aromatic N) is 2. The van der Waals surface area contributed by atoms with Gasteiger partial charge in [-0.15, -0.1) is 0 Å². The number of hydrogen-bond acceptors (Lipinski definition) is 2.